The molecular formula is C17H14Cl3N3O2S2. The smallest absolute Gasteiger partial charge is 0.256 e. The minimum Gasteiger partial charge on any atom is -0.493 e. The lowest BCUT2D eigenvalue weighted by molar-refractivity contribution is 0.0747. The first-order valence-electron chi connectivity index (χ1n) is 8.10. The third-order valence-corrected chi connectivity index (χ3v) is 7.25. The maximum Gasteiger partial charge on any atom is 0.256 e. The number of aromatic nitrogens is 1. The number of hydrogen-bond donors (Lipinski definition) is 0. The zero-order valence-electron chi connectivity index (χ0n) is 14.2. The van der Waals surface area contributed by atoms with E-state index >= 15 is 0 Å². The molecule has 1 amide bonds. The van der Waals surface area contributed by atoms with Crippen molar-refractivity contribution in [2.45, 2.75) is 0 Å². The van der Waals surface area contributed by atoms with Crippen LogP contribution in [0.4, 0.5) is 5.13 Å². The van der Waals surface area contributed by atoms with E-state index in [1.54, 1.807) is 29.4 Å². The molecule has 0 spiro atoms. The average molecular weight is 463 g/mol. The van der Waals surface area contributed by atoms with Crippen molar-refractivity contribution < 1.29 is 9.53 Å². The number of carbonyl (C=O) groups is 1. The molecule has 0 N–H and O–H groups in total. The van der Waals surface area contributed by atoms with E-state index < -0.39 is 0 Å². The van der Waals surface area contributed by atoms with E-state index in [4.69, 9.17) is 44.5 Å². The first-order valence-corrected chi connectivity index (χ1v) is 10.9. The van der Waals surface area contributed by atoms with Gasteiger partial charge in [-0.3, -0.25) is 4.79 Å². The summed E-state index contributed by atoms with van der Waals surface area (Å²) in [5.74, 6) is 0.509. The number of methoxy groups -OCH3 is 1. The number of halogens is 3. The Kier molecular flexibility index (Phi) is 5.40. The highest BCUT2D eigenvalue weighted by atomic mass is 35.5. The van der Waals surface area contributed by atoms with Gasteiger partial charge < -0.3 is 14.5 Å². The van der Waals surface area contributed by atoms with Gasteiger partial charge in [-0.2, -0.15) is 0 Å². The van der Waals surface area contributed by atoms with Crippen molar-refractivity contribution in [3.63, 3.8) is 0 Å². The predicted octanol–water partition coefficient (Wildman–Crippen LogP) is 5.29. The Morgan fingerprint density at radius 3 is 2.52 bits per heavy atom. The monoisotopic (exact) mass is 461 g/mol. The molecule has 0 atom stereocenters. The third kappa shape index (κ3) is 3.59. The number of fused-ring (bicyclic) bond motifs is 1. The summed E-state index contributed by atoms with van der Waals surface area (Å²) in [6.07, 6.45) is 0. The number of carbonyl (C=O) groups excluding carboxylic acids is 1. The fourth-order valence-corrected chi connectivity index (χ4v) is 5.71. The summed E-state index contributed by atoms with van der Waals surface area (Å²) in [6, 6.07) is 5.40. The molecule has 5 nitrogen and oxygen atoms in total. The largest absolute Gasteiger partial charge is 0.493 e. The Hall–Kier alpha value is -1.25. The van der Waals surface area contributed by atoms with Gasteiger partial charge in [0.25, 0.3) is 5.91 Å². The van der Waals surface area contributed by atoms with Crippen LogP contribution in [0.3, 0.4) is 0 Å². The Bertz CT molecular complexity index is 1010. The number of thiophene rings is 1. The maximum absolute atomic E-state index is 12.7. The lowest BCUT2D eigenvalue weighted by Gasteiger charge is -2.34. The van der Waals surface area contributed by atoms with E-state index in [0.29, 0.717) is 51.2 Å². The van der Waals surface area contributed by atoms with Gasteiger partial charge in [-0.05, 0) is 18.2 Å². The number of benzene rings is 1. The Balaban J connectivity index is 1.50. The van der Waals surface area contributed by atoms with Gasteiger partial charge in [-0.1, -0.05) is 46.1 Å². The number of ether oxygens (including phenoxy) is 1. The molecule has 0 saturated carbocycles. The molecule has 1 saturated heterocycles. The molecule has 3 aromatic rings. The molecule has 1 fully saturated rings. The molecule has 142 valence electrons. The highest BCUT2D eigenvalue weighted by molar-refractivity contribution is 7.22. The van der Waals surface area contributed by atoms with Crippen LogP contribution in [0.5, 0.6) is 5.75 Å². The van der Waals surface area contributed by atoms with Crippen molar-refractivity contribution in [2.75, 3.05) is 38.2 Å². The quantitative estimate of drug-likeness (QED) is 0.530. The molecule has 1 aliphatic heterocycles. The van der Waals surface area contributed by atoms with Crippen molar-refractivity contribution >= 4 is 78.7 Å². The summed E-state index contributed by atoms with van der Waals surface area (Å²) in [5, 5.41) is 1.44. The second kappa shape index (κ2) is 7.64. The number of thiazole rings is 1. The van der Waals surface area contributed by atoms with Crippen molar-refractivity contribution in [1.82, 2.24) is 9.88 Å². The van der Waals surface area contributed by atoms with Gasteiger partial charge in [0, 0.05) is 26.2 Å². The number of nitrogens with zero attached hydrogens (tertiary/aromatic N) is 3. The van der Waals surface area contributed by atoms with Crippen LogP contribution in [0.25, 0.3) is 10.2 Å². The molecule has 4 rings (SSSR count). The molecular weight excluding hydrogens is 449 g/mol. The molecule has 0 radical (unpaired) electrons. The molecule has 1 aromatic carbocycles. The molecule has 10 heteroatoms. The summed E-state index contributed by atoms with van der Waals surface area (Å²) >= 11 is 21.1. The first kappa shape index (κ1) is 19.1. The summed E-state index contributed by atoms with van der Waals surface area (Å²) < 4.78 is 7.36. The third-order valence-electron chi connectivity index (χ3n) is 4.38. The molecule has 0 unspecified atom stereocenters. The van der Waals surface area contributed by atoms with Crippen LogP contribution in [0.15, 0.2) is 18.2 Å². The van der Waals surface area contributed by atoms with Gasteiger partial charge >= 0.3 is 0 Å². The molecule has 2 aromatic heterocycles. The van der Waals surface area contributed by atoms with Crippen molar-refractivity contribution in [3.05, 3.63) is 37.5 Å². The summed E-state index contributed by atoms with van der Waals surface area (Å²) in [5.41, 5.74) is 1.24. The van der Waals surface area contributed by atoms with Gasteiger partial charge in [0.2, 0.25) is 0 Å². The van der Waals surface area contributed by atoms with Crippen LogP contribution in [0, 0.1) is 0 Å². The normalized spacial score (nSPS) is 14.8. The Morgan fingerprint density at radius 1 is 1.15 bits per heavy atom. The second-order valence-corrected chi connectivity index (χ2v) is 9.64. The average Bonchev–Trinajstić information content (AvgIpc) is 3.24. The van der Waals surface area contributed by atoms with Crippen LogP contribution in [-0.4, -0.2) is 49.1 Å². The Labute approximate surface area is 179 Å². The van der Waals surface area contributed by atoms with E-state index in [2.05, 4.69) is 4.90 Å². The molecule has 0 bridgehead atoms. The van der Waals surface area contributed by atoms with Gasteiger partial charge in [-0.15, -0.1) is 11.3 Å². The summed E-state index contributed by atoms with van der Waals surface area (Å²) in [6.45, 7) is 2.57. The summed E-state index contributed by atoms with van der Waals surface area (Å²) in [4.78, 5) is 21.3. The van der Waals surface area contributed by atoms with Crippen LogP contribution >= 0.6 is 57.5 Å². The lowest BCUT2D eigenvalue weighted by Crippen LogP contribution is -2.48. The van der Waals surface area contributed by atoms with E-state index in [-0.39, 0.29) is 5.91 Å². The molecule has 27 heavy (non-hydrogen) atoms. The van der Waals surface area contributed by atoms with Crippen LogP contribution in [-0.2, 0) is 0 Å². The first-order chi connectivity index (χ1) is 13.0. The topological polar surface area (TPSA) is 45.7 Å². The lowest BCUT2D eigenvalue weighted by atomic mass is 10.2. The van der Waals surface area contributed by atoms with Crippen LogP contribution in [0.2, 0.25) is 13.7 Å². The number of hydrogen-bond acceptors (Lipinski definition) is 6. The van der Waals surface area contributed by atoms with Crippen LogP contribution in [0.1, 0.15) is 10.4 Å². The fraction of sp³-hybridized carbons (Fsp3) is 0.294. The van der Waals surface area contributed by atoms with E-state index in [1.807, 2.05) is 12.1 Å². The minimum atomic E-state index is -0.0828. The predicted molar refractivity (Wildman–Crippen MR) is 114 cm³/mol. The van der Waals surface area contributed by atoms with Gasteiger partial charge in [0.1, 0.15) is 9.85 Å². The molecule has 1 aliphatic rings. The zero-order valence-corrected chi connectivity index (χ0v) is 18.1. The number of rotatable bonds is 3. The number of piperazine rings is 1. The summed E-state index contributed by atoms with van der Waals surface area (Å²) in [7, 11) is 1.59. The number of amides is 1. The van der Waals surface area contributed by atoms with Crippen molar-refractivity contribution in [1.29, 1.82) is 0 Å². The van der Waals surface area contributed by atoms with Crippen molar-refractivity contribution in [3.8, 4) is 5.75 Å². The van der Waals surface area contributed by atoms with E-state index in [0.717, 1.165) is 15.3 Å². The maximum atomic E-state index is 12.7. The van der Waals surface area contributed by atoms with Gasteiger partial charge in [0.05, 0.1) is 26.7 Å². The number of anilines is 1. The molecule has 3 heterocycles. The fourth-order valence-electron chi connectivity index (χ4n) is 3.02. The SMILES string of the molecule is COc1c(Cl)ccc2sc(N3CCN(C(=O)c4cc(Cl)sc4Cl)CC3)nc12. The van der Waals surface area contributed by atoms with Crippen LogP contribution < -0.4 is 9.64 Å². The van der Waals surface area contributed by atoms with Gasteiger partial charge in [-0.25, -0.2) is 4.98 Å². The Morgan fingerprint density at radius 2 is 1.89 bits per heavy atom. The second-order valence-electron chi connectivity index (χ2n) is 5.94. The zero-order chi connectivity index (χ0) is 19.1. The van der Waals surface area contributed by atoms with Gasteiger partial charge in [0.15, 0.2) is 10.9 Å². The minimum absolute atomic E-state index is 0.0828. The van der Waals surface area contributed by atoms with E-state index in [9.17, 15) is 4.79 Å². The highest BCUT2D eigenvalue weighted by Gasteiger charge is 2.26. The standard InChI is InChI=1S/C17H14Cl3N3O2S2/c1-25-14-10(18)2-3-11-13(14)21-17(26-11)23-6-4-22(5-7-23)16(24)9-8-12(19)27-15(9)20/h2-3,8H,4-7H2,1H3. The highest BCUT2D eigenvalue weighted by Crippen LogP contribution is 2.39. The molecule has 0 aliphatic carbocycles. The van der Waals surface area contributed by atoms with Crippen molar-refractivity contribution in [2.24, 2.45) is 0 Å². The van der Waals surface area contributed by atoms with E-state index in [1.165, 1.54) is 11.3 Å².